The molecule has 0 atom stereocenters. The molecule has 0 heterocycles. The van der Waals surface area contributed by atoms with Gasteiger partial charge in [-0.25, -0.2) is 0 Å². The van der Waals surface area contributed by atoms with Crippen LogP contribution in [-0.4, -0.2) is 13.2 Å². The zero-order valence-electron chi connectivity index (χ0n) is 9.56. The van der Waals surface area contributed by atoms with Crippen LogP contribution in [0.25, 0.3) is 0 Å². The Hall–Kier alpha value is 0.634. The summed E-state index contributed by atoms with van der Waals surface area (Å²) in [5.74, 6) is 0. The van der Waals surface area contributed by atoms with E-state index in [-0.39, 0.29) is 0 Å². The summed E-state index contributed by atoms with van der Waals surface area (Å²) in [7, 11) is 0. The minimum absolute atomic E-state index is 0.819. The quantitative estimate of drug-likeness (QED) is 0.585. The molecule has 0 bridgehead atoms. The molecule has 0 spiro atoms. The van der Waals surface area contributed by atoms with E-state index in [9.17, 15) is 0 Å². The second-order valence-electron chi connectivity index (χ2n) is 3.28. The molecule has 2 nitrogen and oxygen atoms in total. The average Bonchev–Trinajstić information content (AvgIpc) is 2.06. The van der Waals surface area contributed by atoms with Crippen LogP contribution in [-0.2, 0) is 24.0 Å². The number of rotatable bonds is 8. The molecule has 80 valence electrons. The van der Waals surface area contributed by atoms with Gasteiger partial charge >= 0.3 is 87.2 Å². The summed E-state index contributed by atoms with van der Waals surface area (Å²) in [4.78, 5) is 0. The average molecular weight is 224 g/mol. The van der Waals surface area contributed by atoms with Gasteiger partial charge in [-0.1, -0.05) is 0 Å². The Labute approximate surface area is 87.3 Å². The Morgan fingerprint density at radius 3 is 1.38 bits per heavy atom. The third kappa shape index (κ3) is 5.16. The van der Waals surface area contributed by atoms with Crippen LogP contribution in [0.2, 0.25) is 9.45 Å². The fourth-order valence-corrected chi connectivity index (χ4v) is 7.19. The van der Waals surface area contributed by atoms with Gasteiger partial charge in [-0.15, -0.1) is 0 Å². The van der Waals surface area contributed by atoms with Crippen molar-refractivity contribution in [2.45, 2.75) is 50.0 Å². The van der Waals surface area contributed by atoms with Crippen molar-refractivity contribution in [1.82, 2.24) is 0 Å². The van der Waals surface area contributed by atoms with E-state index in [4.69, 9.17) is 6.64 Å². The fourth-order valence-electron chi connectivity index (χ4n) is 1.74. The van der Waals surface area contributed by atoms with Gasteiger partial charge in [0.15, 0.2) is 0 Å². The third-order valence-electron chi connectivity index (χ3n) is 2.08. The van der Waals surface area contributed by atoms with E-state index in [1.807, 2.05) is 0 Å². The van der Waals surface area contributed by atoms with E-state index in [1.165, 1.54) is 22.3 Å². The normalized spacial score (nSPS) is 12.0. The molecule has 0 N–H and O–H groups in total. The van der Waals surface area contributed by atoms with Gasteiger partial charge in [-0.2, -0.15) is 0 Å². The van der Waals surface area contributed by atoms with Gasteiger partial charge in [-0.05, 0) is 0 Å². The molecule has 0 rings (SSSR count). The predicted molar refractivity (Wildman–Crippen MR) is 53.4 cm³/mol. The molecule has 0 unspecified atom stereocenters. The molecule has 0 aliphatic rings. The molecule has 0 radical (unpaired) electrons. The molecule has 0 aliphatic carbocycles. The summed E-state index contributed by atoms with van der Waals surface area (Å²) < 4.78 is 14.2. The Balaban J connectivity index is 4.19. The zero-order valence-corrected chi connectivity index (χ0v) is 11.1. The third-order valence-corrected chi connectivity index (χ3v) is 8.56. The maximum absolute atomic E-state index is 5.92. The zero-order chi connectivity index (χ0) is 10.2. The Kier molecular flexibility index (Phi) is 8.37. The minimum atomic E-state index is -2.32. The van der Waals surface area contributed by atoms with Crippen molar-refractivity contribution in [2.24, 2.45) is 0 Å². The van der Waals surface area contributed by atoms with E-state index in [2.05, 4.69) is 27.7 Å². The first-order chi connectivity index (χ1) is 6.24. The van der Waals surface area contributed by atoms with Gasteiger partial charge in [0.25, 0.3) is 0 Å². The first kappa shape index (κ1) is 13.6. The first-order valence-corrected chi connectivity index (χ1v) is 9.00. The molecule has 0 aromatic carbocycles. The van der Waals surface area contributed by atoms with Crippen LogP contribution in [0, 0.1) is 0 Å². The van der Waals surface area contributed by atoms with Crippen LogP contribution in [0.3, 0.4) is 0 Å². The second kappa shape index (κ2) is 7.99. The number of hydrogen-bond donors (Lipinski definition) is 0. The summed E-state index contributed by atoms with van der Waals surface area (Å²) in [6, 6.07) is 0. The Morgan fingerprint density at radius 2 is 1.15 bits per heavy atom. The van der Waals surface area contributed by atoms with Gasteiger partial charge < -0.3 is 0 Å². The van der Waals surface area contributed by atoms with Gasteiger partial charge in [-0.3, -0.25) is 0 Å². The van der Waals surface area contributed by atoms with Crippen molar-refractivity contribution in [1.29, 1.82) is 0 Å². The molecule has 0 aliphatic heterocycles. The molecule has 0 amide bonds. The van der Waals surface area contributed by atoms with E-state index in [1.54, 1.807) is 0 Å². The van der Waals surface area contributed by atoms with E-state index < -0.39 is 17.4 Å². The summed E-state index contributed by atoms with van der Waals surface area (Å²) in [5.41, 5.74) is 0. The van der Waals surface area contributed by atoms with E-state index >= 15 is 0 Å². The van der Waals surface area contributed by atoms with Gasteiger partial charge in [0.2, 0.25) is 0 Å². The summed E-state index contributed by atoms with van der Waals surface area (Å²) in [6.45, 7) is 10.2. The molecule has 0 aromatic rings. The van der Waals surface area contributed by atoms with Crippen LogP contribution in [0.15, 0.2) is 0 Å². The fraction of sp³-hybridized carbons (Fsp3) is 1.00. The monoisotopic (exact) mass is 224 g/mol. The summed E-state index contributed by atoms with van der Waals surface area (Å²) in [6.07, 6.45) is 2.39. The molecule has 0 aromatic heterocycles. The van der Waals surface area contributed by atoms with Gasteiger partial charge in [0.05, 0.1) is 0 Å². The van der Waals surface area contributed by atoms with Crippen molar-refractivity contribution < 1.29 is 24.0 Å². The Bertz CT molecular complexity index is 88.0. The molecular formula is C10H24O2Ti. The van der Waals surface area contributed by atoms with Gasteiger partial charge in [0.1, 0.15) is 0 Å². The molecule has 0 saturated carbocycles. The predicted octanol–water partition coefficient (Wildman–Crippen LogP) is 3.70. The topological polar surface area (TPSA) is 18.5 Å². The van der Waals surface area contributed by atoms with Crippen LogP contribution in [0.5, 0.6) is 0 Å². The first-order valence-electron chi connectivity index (χ1n) is 5.52. The Morgan fingerprint density at radius 1 is 0.769 bits per heavy atom. The maximum atomic E-state index is 5.92. The van der Waals surface area contributed by atoms with Crippen molar-refractivity contribution in [3.8, 4) is 0 Å². The van der Waals surface area contributed by atoms with Crippen LogP contribution >= 0.6 is 0 Å². The van der Waals surface area contributed by atoms with Crippen LogP contribution in [0.1, 0.15) is 40.5 Å². The molecule has 13 heavy (non-hydrogen) atoms. The van der Waals surface area contributed by atoms with E-state index in [0.717, 1.165) is 13.2 Å². The summed E-state index contributed by atoms with van der Waals surface area (Å²) >= 11 is -2.32. The standard InChI is InChI=1S/2C3H7.2C2H5O.Ti/c2*1-3-2;2*1-2-3;/h2*1,3H2,2H3;2*2H2,1H3;/q;;2*-1;+2. The molecule has 0 saturated heterocycles. The SMILES string of the molecule is CC[CH2][Ti]([CH2]CC)([O]CC)[O]CC. The summed E-state index contributed by atoms with van der Waals surface area (Å²) in [5, 5.41) is 0. The van der Waals surface area contributed by atoms with Crippen LogP contribution < -0.4 is 0 Å². The van der Waals surface area contributed by atoms with E-state index in [0.29, 0.717) is 0 Å². The molecule has 3 heteroatoms. The second-order valence-corrected chi connectivity index (χ2v) is 8.58. The number of hydrogen-bond acceptors (Lipinski definition) is 2. The van der Waals surface area contributed by atoms with Crippen molar-refractivity contribution in [2.75, 3.05) is 13.2 Å². The van der Waals surface area contributed by atoms with Crippen molar-refractivity contribution >= 4 is 0 Å². The van der Waals surface area contributed by atoms with Crippen molar-refractivity contribution in [3.63, 3.8) is 0 Å². The van der Waals surface area contributed by atoms with Crippen LogP contribution in [0.4, 0.5) is 0 Å². The van der Waals surface area contributed by atoms with Gasteiger partial charge in [0, 0.05) is 0 Å². The van der Waals surface area contributed by atoms with Crippen molar-refractivity contribution in [3.05, 3.63) is 0 Å². The molecule has 0 fully saturated rings. The molecular weight excluding hydrogens is 200 g/mol.